The van der Waals surface area contributed by atoms with Gasteiger partial charge in [-0.3, -0.25) is 9.69 Å². The highest BCUT2D eigenvalue weighted by Crippen LogP contribution is 2.17. The summed E-state index contributed by atoms with van der Waals surface area (Å²) in [6, 6.07) is 11.8. The molecule has 0 spiro atoms. The Morgan fingerprint density at radius 3 is 2.54 bits per heavy atom. The van der Waals surface area contributed by atoms with Crippen LogP contribution in [0.3, 0.4) is 0 Å². The molecule has 0 aliphatic rings. The molecule has 128 valence electrons. The topological polar surface area (TPSA) is 41.6 Å². The molecule has 1 amide bonds. The highest BCUT2D eigenvalue weighted by atomic mass is 19.3. The van der Waals surface area contributed by atoms with Crippen LogP contribution in [0, 0.1) is 5.82 Å². The normalized spacial score (nSPS) is 10.9. The summed E-state index contributed by atoms with van der Waals surface area (Å²) in [4.78, 5) is 13.7. The summed E-state index contributed by atoms with van der Waals surface area (Å²) in [5.41, 5.74) is 1.24. The van der Waals surface area contributed by atoms with Crippen molar-refractivity contribution in [1.82, 2.24) is 4.90 Å². The number of rotatable bonds is 7. The summed E-state index contributed by atoms with van der Waals surface area (Å²) in [7, 11) is 1.74. The molecule has 0 aromatic heterocycles. The number of likely N-dealkylation sites (N-methyl/N-ethyl adjacent to an activating group) is 1. The van der Waals surface area contributed by atoms with E-state index in [9.17, 15) is 18.0 Å². The van der Waals surface area contributed by atoms with Crippen molar-refractivity contribution in [2.75, 3.05) is 18.9 Å². The van der Waals surface area contributed by atoms with Crippen molar-refractivity contribution in [2.45, 2.75) is 13.2 Å². The fraction of sp³-hybridized carbons (Fsp3) is 0.235. The molecule has 0 fully saturated rings. The van der Waals surface area contributed by atoms with Crippen molar-refractivity contribution in [3.8, 4) is 5.75 Å². The van der Waals surface area contributed by atoms with Crippen molar-refractivity contribution in [3.05, 3.63) is 59.9 Å². The number of ether oxygens (including phenoxy) is 1. The molecule has 0 heterocycles. The Labute approximate surface area is 137 Å². The van der Waals surface area contributed by atoms with E-state index >= 15 is 0 Å². The van der Waals surface area contributed by atoms with Gasteiger partial charge in [0.25, 0.3) is 0 Å². The molecule has 0 saturated carbocycles. The van der Waals surface area contributed by atoms with Crippen LogP contribution in [-0.4, -0.2) is 31.0 Å². The van der Waals surface area contributed by atoms with Crippen LogP contribution in [0.4, 0.5) is 18.9 Å². The van der Waals surface area contributed by atoms with Crippen LogP contribution < -0.4 is 10.1 Å². The summed E-state index contributed by atoms with van der Waals surface area (Å²) in [5.74, 6) is -0.570. The summed E-state index contributed by atoms with van der Waals surface area (Å²) in [5, 5.41) is 2.65. The number of hydrogen-bond donors (Lipinski definition) is 1. The predicted molar refractivity (Wildman–Crippen MR) is 84.4 cm³/mol. The third-order valence-electron chi connectivity index (χ3n) is 3.12. The maximum Gasteiger partial charge on any atom is 0.387 e. The Bertz CT molecular complexity index is 678. The number of alkyl halides is 2. The molecule has 7 heteroatoms. The number of nitrogens with one attached hydrogen (secondary N) is 1. The molecular weight excluding hydrogens is 321 g/mol. The molecule has 2 aromatic rings. The molecule has 0 saturated heterocycles. The SMILES string of the molecule is CN(CC(=O)Nc1ccc(OC(F)F)cc1)Cc1cccc(F)c1. The van der Waals surface area contributed by atoms with E-state index in [1.54, 1.807) is 24.1 Å². The van der Waals surface area contributed by atoms with E-state index in [-0.39, 0.29) is 24.0 Å². The Kier molecular flexibility index (Phi) is 6.20. The standard InChI is InChI=1S/C17H17F3N2O2/c1-22(10-12-3-2-4-13(18)9-12)11-16(23)21-14-5-7-15(8-6-14)24-17(19)20/h2-9,17H,10-11H2,1H3,(H,21,23). The van der Waals surface area contributed by atoms with Crippen molar-refractivity contribution in [2.24, 2.45) is 0 Å². The zero-order chi connectivity index (χ0) is 17.5. The van der Waals surface area contributed by atoms with Crippen LogP contribution in [0.15, 0.2) is 48.5 Å². The lowest BCUT2D eigenvalue weighted by Crippen LogP contribution is -2.29. The number of benzene rings is 2. The van der Waals surface area contributed by atoms with Gasteiger partial charge in [0.05, 0.1) is 6.54 Å². The Hall–Kier alpha value is -2.54. The van der Waals surface area contributed by atoms with Crippen LogP contribution >= 0.6 is 0 Å². The second kappa shape index (κ2) is 8.35. The van der Waals surface area contributed by atoms with Gasteiger partial charge in [-0.1, -0.05) is 12.1 Å². The van der Waals surface area contributed by atoms with Crippen LogP contribution in [0.25, 0.3) is 0 Å². The number of carbonyl (C=O) groups is 1. The van der Waals surface area contributed by atoms with Gasteiger partial charge in [-0.05, 0) is 49.0 Å². The third-order valence-corrected chi connectivity index (χ3v) is 3.12. The van der Waals surface area contributed by atoms with Crippen molar-refractivity contribution in [1.29, 1.82) is 0 Å². The molecule has 0 aliphatic carbocycles. The third kappa shape index (κ3) is 5.92. The average Bonchev–Trinajstić information content (AvgIpc) is 2.48. The summed E-state index contributed by atoms with van der Waals surface area (Å²) < 4.78 is 41.5. The fourth-order valence-corrected chi connectivity index (χ4v) is 2.17. The highest BCUT2D eigenvalue weighted by molar-refractivity contribution is 5.92. The minimum Gasteiger partial charge on any atom is -0.435 e. The van der Waals surface area contributed by atoms with Gasteiger partial charge in [-0.15, -0.1) is 0 Å². The number of halogens is 3. The molecule has 0 bridgehead atoms. The first-order valence-corrected chi connectivity index (χ1v) is 7.20. The molecule has 4 nitrogen and oxygen atoms in total. The Balaban J connectivity index is 1.83. The molecule has 0 radical (unpaired) electrons. The fourth-order valence-electron chi connectivity index (χ4n) is 2.17. The first-order chi connectivity index (χ1) is 11.4. The largest absolute Gasteiger partial charge is 0.435 e. The molecule has 0 aliphatic heterocycles. The lowest BCUT2D eigenvalue weighted by atomic mass is 10.2. The van der Waals surface area contributed by atoms with E-state index in [4.69, 9.17) is 0 Å². The van der Waals surface area contributed by atoms with Crippen molar-refractivity contribution in [3.63, 3.8) is 0 Å². The van der Waals surface area contributed by atoms with Crippen LogP contribution in [0.1, 0.15) is 5.56 Å². The molecule has 0 unspecified atom stereocenters. The zero-order valence-corrected chi connectivity index (χ0v) is 13.0. The van der Waals surface area contributed by atoms with E-state index in [2.05, 4.69) is 10.1 Å². The van der Waals surface area contributed by atoms with Crippen LogP contribution in [0.2, 0.25) is 0 Å². The van der Waals surface area contributed by atoms with E-state index in [0.29, 0.717) is 12.2 Å². The zero-order valence-electron chi connectivity index (χ0n) is 13.0. The maximum absolute atomic E-state index is 13.1. The first kappa shape index (κ1) is 17.8. The van der Waals surface area contributed by atoms with E-state index in [1.807, 2.05) is 0 Å². The lowest BCUT2D eigenvalue weighted by Gasteiger charge is -2.16. The smallest absolute Gasteiger partial charge is 0.387 e. The number of carbonyl (C=O) groups excluding carboxylic acids is 1. The molecule has 2 rings (SSSR count). The average molecular weight is 338 g/mol. The van der Waals surface area contributed by atoms with Gasteiger partial charge < -0.3 is 10.1 Å². The molecule has 0 atom stereocenters. The monoisotopic (exact) mass is 338 g/mol. The summed E-state index contributed by atoms with van der Waals surface area (Å²) in [6.07, 6.45) is 0. The minimum absolute atomic E-state index is 0.0196. The van der Waals surface area contributed by atoms with E-state index < -0.39 is 6.61 Å². The predicted octanol–water partition coefficient (Wildman–Crippen LogP) is 3.50. The number of nitrogens with zero attached hydrogens (tertiary/aromatic N) is 1. The molecule has 2 aromatic carbocycles. The van der Waals surface area contributed by atoms with E-state index in [0.717, 1.165) is 5.56 Å². The second-order valence-corrected chi connectivity index (χ2v) is 5.25. The summed E-state index contributed by atoms with van der Waals surface area (Å²) >= 11 is 0. The first-order valence-electron chi connectivity index (χ1n) is 7.20. The van der Waals surface area contributed by atoms with Crippen LogP contribution in [-0.2, 0) is 11.3 Å². The van der Waals surface area contributed by atoms with Gasteiger partial charge >= 0.3 is 6.61 Å². The van der Waals surface area contributed by atoms with Gasteiger partial charge in [-0.25, -0.2) is 4.39 Å². The van der Waals surface area contributed by atoms with Crippen LogP contribution in [0.5, 0.6) is 5.75 Å². The van der Waals surface area contributed by atoms with Crippen molar-refractivity contribution < 1.29 is 22.7 Å². The summed E-state index contributed by atoms with van der Waals surface area (Å²) in [6.45, 7) is -2.36. The second-order valence-electron chi connectivity index (χ2n) is 5.25. The Morgan fingerprint density at radius 2 is 1.92 bits per heavy atom. The molecular formula is C17H17F3N2O2. The highest BCUT2D eigenvalue weighted by Gasteiger charge is 2.09. The number of hydrogen-bond acceptors (Lipinski definition) is 3. The maximum atomic E-state index is 13.1. The van der Waals surface area contributed by atoms with Gasteiger partial charge in [-0.2, -0.15) is 8.78 Å². The van der Waals surface area contributed by atoms with Gasteiger partial charge in [0.2, 0.25) is 5.91 Å². The molecule has 24 heavy (non-hydrogen) atoms. The van der Waals surface area contributed by atoms with Gasteiger partial charge in [0.1, 0.15) is 11.6 Å². The lowest BCUT2D eigenvalue weighted by molar-refractivity contribution is -0.117. The Morgan fingerprint density at radius 1 is 1.21 bits per heavy atom. The van der Waals surface area contributed by atoms with Gasteiger partial charge in [0.15, 0.2) is 0 Å². The van der Waals surface area contributed by atoms with Gasteiger partial charge in [0, 0.05) is 12.2 Å². The number of anilines is 1. The number of amides is 1. The minimum atomic E-state index is -2.89. The quantitative estimate of drug-likeness (QED) is 0.840. The van der Waals surface area contributed by atoms with E-state index in [1.165, 1.54) is 36.4 Å². The van der Waals surface area contributed by atoms with Crippen molar-refractivity contribution >= 4 is 11.6 Å². The molecule has 1 N–H and O–H groups in total.